The highest BCUT2D eigenvalue weighted by atomic mass is 16.5. The monoisotopic (exact) mass is 274 g/mol. The largest absolute Gasteiger partial charge is 0.496 e. The van der Waals surface area contributed by atoms with Crippen molar-refractivity contribution < 1.29 is 14.6 Å². The molecule has 0 aliphatic heterocycles. The van der Waals surface area contributed by atoms with Crippen LogP contribution in [0.2, 0.25) is 0 Å². The number of hydrogen-bond donors (Lipinski definition) is 1. The molecule has 0 aliphatic rings. The van der Waals surface area contributed by atoms with Crippen molar-refractivity contribution >= 4 is 5.97 Å². The molecule has 0 spiro atoms. The number of carbonyl (C=O) groups is 1. The van der Waals surface area contributed by atoms with Crippen molar-refractivity contribution in [1.82, 2.24) is 9.78 Å². The summed E-state index contributed by atoms with van der Waals surface area (Å²) in [6.45, 7) is 4.35. The molecule has 0 radical (unpaired) electrons. The normalized spacial score (nSPS) is 10.8. The van der Waals surface area contributed by atoms with Gasteiger partial charge in [0, 0.05) is 5.56 Å². The van der Waals surface area contributed by atoms with Gasteiger partial charge >= 0.3 is 5.97 Å². The zero-order valence-electron chi connectivity index (χ0n) is 11.8. The fourth-order valence-corrected chi connectivity index (χ4v) is 2.01. The molecule has 0 saturated heterocycles. The average Bonchev–Trinajstić information content (AvgIpc) is 2.84. The first-order chi connectivity index (χ1) is 9.52. The Hall–Kier alpha value is -2.30. The zero-order valence-corrected chi connectivity index (χ0v) is 11.8. The number of ether oxygens (including phenoxy) is 1. The van der Waals surface area contributed by atoms with Crippen LogP contribution in [0.15, 0.2) is 30.3 Å². The molecule has 0 fully saturated rings. The van der Waals surface area contributed by atoms with Gasteiger partial charge in [-0.1, -0.05) is 32.0 Å². The van der Waals surface area contributed by atoms with E-state index in [1.807, 2.05) is 38.1 Å². The van der Waals surface area contributed by atoms with Crippen LogP contribution in [0.3, 0.4) is 0 Å². The Kier molecular flexibility index (Phi) is 4.08. The highest BCUT2D eigenvalue weighted by molar-refractivity contribution is 5.85. The molecule has 20 heavy (non-hydrogen) atoms. The minimum absolute atomic E-state index is 0.187. The first-order valence-corrected chi connectivity index (χ1v) is 6.46. The van der Waals surface area contributed by atoms with E-state index in [4.69, 9.17) is 4.74 Å². The number of para-hydroxylation sites is 1. The highest BCUT2D eigenvalue weighted by Gasteiger charge is 2.17. The highest BCUT2D eigenvalue weighted by Crippen LogP contribution is 2.21. The second-order valence-electron chi connectivity index (χ2n) is 4.88. The molecule has 5 nitrogen and oxygen atoms in total. The SMILES string of the molecule is COc1ccccc1Cn1nc(C(C)C)cc1C(=O)O. The molecule has 0 unspecified atom stereocenters. The fraction of sp³-hybridized carbons (Fsp3) is 0.333. The van der Waals surface area contributed by atoms with Crippen molar-refractivity contribution in [2.24, 2.45) is 0 Å². The number of benzene rings is 1. The summed E-state index contributed by atoms with van der Waals surface area (Å²) in [7, 11) is 1.60. The Morgan fingerprint density at radius 1 is 1.40 bits per heavy atom. The zero-order chi connectivity index (χ0) is 14.7. The molecule has 1 N–H and O–H groups in total. The predicted octanol–water partition coefficient (Wildman–Crippen LogP) is 2.76. The van der Waals surface area contributed by atoms with Gasteiger partial charge in [-0.15, -0.1) is 0 Å². The third kappa shape index (κ3) is 2.82. The van der Waals surface area contributed by atoms with Gasteiger partial charge in [0.15, 0.2) is 0 Å². The van der Waals surface area contributed by atoms with E-state index in [2.05, 4.69) is 5.10 Å². The van der Waals surface area contributed by atoms with Crippen molar-refractivity contribution in [2.75, 3.05) is 7.11 Å². The molecule has 5 heteroatoms. The van der Waals surface area contributed by atoms with Crippen molar-refractivity contribution in [3.63, 3.8) is 0 Å². The summed E-state index contributed by atoms with van der Waals surface area (Å²) in [5.74, 6) is -0.0586. The molecule has 1 heterocycles. The second-order valence-corrected chi connectivity index (χ2v) is 4.88. The molecular weight excluding hydrogens is 256 g/mol. The molecule has 1 aromatic carbocycles. The van der Waals surface area contributed by atoms with Crippen LogP contribution in [0.5, 0.6) is 5.75 Å². The van der Waals surface area contributed by atoms with Gasteiger partial charge in [-0.3, -0.25) is 4.68 Å². The molecule has 1 aromatic heterocycles. The number of methoxy groups -OCH3 is 1. The van der Waals surface area contributed by atoms with Crippen LogP contribution in [0.25, 0.3) is 0 Å². The van der Waals surface area contributed by atoms with Crippen LogP contribution in [0.1, 0.15) is 41.5 Å². The third-order valence-corrected chi connectivity index (χ3v) is 3.12. The van der Waals surface area contributed by atoms with E-state index < -0.39 is 5.97 Å². The summed E-state index contributed by atoms with van der Waals surface area (Å²) < 4.78 is 6.79. The van der Waals surface area contributed by atoms with E-state index in [1.54, 1.807) is 13.2 Å². The molecule has 0 amide bonds. The van der Waals surface area contributed by atoms with Gasteiger partial charge in [-0.2, -0.15) is 5.10 Å². The lowest BCUT2D eigenvalue weighted by atomic mass is 10.1. The molecule has 2 rings (SSSR count). The number of carboxylic acid groups (broad SMARTS) is 1. The van der Waals surface area contributed by atoms with Crippen LogP contribution in [0.4, 0.5) is 0 Å². The maximum absolute atomic E-state index is 11.3. The lowest BCUT2D eigenvalue weighted by Gasteiger charge is -2.09. The van der Waals surface area contributed by atoms with E-state index in [0.717, 1.165) is 17.0 Å². The summed E-state index contributed by atoms with van der Waals surface area (Å²) >= 11 is 0. The molecule has 0 bridgehead atoms. The smallest absolute Gasteiger partial charge is 0.354 e. The first-order valence-electron chi connectivity index (χ1n) is 6.46. The Morgan fingerprint density at radius 3 is 2.70 bits per heavy atom. The van der Waals surface area contributed by atoms with Gasteiger partial charge in [0.1, 0.15) is 11.4 Å². The molecule has 106 valence electrons. The number of aromatic nitrogens is 2. The Bertz CT molecular complexity index is 617. The van der Waals surface area contributed by atoms with Crippen LogP contribution in [0, 0.1) is 0 Å². The van der Waals surface area contributed by atoms with Crippen molar-refractivity contribution in [1.29, 1.82) is 0 Å². The van der Waals surface area contributed by atoms with Crippen molar-refractivity contribution in [2.45, 2.75) is 26.3 Å². The van der Waals surface area contributed by atoms with Gasteiger partial charge in [-0.25, -0.2) is 4.79 Å². The topological polar surface area (TPSA) is 64.4 Å². The van der Waals surface area contributed by atoms with Crippen molar-refractivity contribution in [3.8, 4) is 5.75 Å². The third-order valence-electron chi connectivity index (χ3n) is 3.12. The number of rotatable bonds is 5. The van der Waals surface area contributed by atoms with Crippen LogP contribution >= 0.6 is 0 Å². The Labute approximate surface area is 117 Å². The van der Waals surface area contributed by atoms with E-state index in [1.165, 1.54) is 4.68 Å². The number of carboxylic acids is 1. The van der Waals surface area contributed by atoms with Gasteiger partial charge in [0.25, 0.3) is 0 Å². The second kappa shape index (κ2) is 5.77. The van der Waals surface area contributed by atoms with Gasteiger partial charge < -0.3 is 9.84 Å². The Balaban J connectivity index is 2.39. The molecule has 0 saturated carbocycles. The van der Waals surface area contributed by atoms with E-state index in [9.17, 15) is 9.90 Å². The number of nitrogens with zero attached hydrogens (tertiary/aromatic N) is 2. The molecule has 2 aromatic rings. The van der Waals surface area contributed by atoms with Gasteiger partial charge in [0.05, 0.1) is 19.3 Å². The predicted molar refractivity (Wildman–Crippen MR) is 75.4 cm³/mol. The lowest BCUT2D eigenvalue weighted by Crippen LogP contribution is -2.11. The summed E-state index contributed by atoms with van der Waals surface area (Å²) in [4.78, 5) is 11.3. The molecule has 0 aliphatic carbocycles. The molecule has 0 atom stereocenters. The fourth-order valence-electron chi connectivity index (χ4n) is 2.01. The minimum atomic E-state index is -0.973. The van der Waals surface area contributed by atoms with Gasteiger partial charge in [0.2, 0.25) is 0 Å². The summed E-state index contributed by atoms with van der Waals surface area (Å²) in [5.41, 5.74) is 1.87. The molecular formula is C15H18N2O3. The first kappa shape index (κ1) is 14.1. The van der Waals surface area contributed by atoms with Crippen LogP contribution in [-0.2, 0) is 6.54 Å². The summed E-state index contributed by atoms with van der Waals surface area (Å²) in [6, 6.07) is 9.15. The maximum Gasteiger partial charge on any atom is 0.354 e. The average molecular weight is 274 g/mol. The number of hydrogen-bond acceptors (Lipinski definition) is 3. The minimum Gasteiger partial charge on any atom is -0.496 e. The Morgan fingerprint density at radius 2 is 2.10 bits per heavy atom. The quantitative estimate of drug-likeness (QED) is 0.910. The number of aromatic carboxylic acids is 1. The maximum atomic E-state index is 11.3. The van der Waals surface area contributed by atoms with Crippen molar-refractivity contribution in [3.05, 3.63) is 47.3 Å². The van der Waals surface area contributed by atoms with Crippen LogP contribution < -0.4 is 4.74 Å². The van der Waals surface area contributed by atoms with E-state index in [-0.39, 0.29) is 11.6 Å². The lowest BCUT2D eigenvalue weighted by molar-refractivity contribution is 0.0684. The summed E-state index contributed by atoms with van der Waals surface area (Å²) in [5, 5.41) is 13.7. The van der Waals surface area contributed by atoms with Gasteiger partial charge in [-0.05, 0) is 18.1 Å². The van der Waals surface area contributed by atoms with Crippen LogP contribution in [-0.4, -0.2) is 28.0 Å². The standard InChI is InChI=1S/C15H18N2O3/c1-10(2)12-8-13(15(18)19)17(16-12)9-11-6-4-5-7-14(11)20-3/h4-8,10H,9H2,1-3H3,(H,18,19). The van der Waals surface area contributed by atoms with E-state index >= 15 is 0 Å². The van der Waals surface area contributed by atoms with E-state index in [0.29, 0.717) is 6.54 Å². The summed E-state index contributed by atoms with van der Waals surface area (Å²) in [6.07, 6.45) is 0.